The van der Waals surface area contributed by atoms with Gasteiger partial charge in [-0.05, 0) is 25.3 Å². The topological polar surface area (TPSA) is 152 Å². The standard InChI is InChI=1S/C27H39N3O8/c1-4-9-22(17-24(32)28-13-15-36-16-14-31)25(33)29-18-20(3)38-26(34)23(10-5-2)30-27(35)37-19-21-11-7-6-8-12-21/h4-8,11-12,20,22-23,31H,1-2,9-10,13-19H2,3H3,(H,28,32)(H,29,33)(H,30,35). The Hall–Kier alpha value is -3.70. The molecule has 0 aromatic heterocycles. The van der Waals surface area contributed by atoms with E-state index in [0.717, 1.165) is 5.56 Å². The average Bonchev–Trinajstić information content (AvgIpc) is 2.90. The van der Waals surface area contributed by atoms with Gasteiger partial charge in [0.2, 0.25) is 11.8 Å². The lowest BCUT2D eigenvalue weighted by Crippen LogP contribution is -2.44. The van der Waals surface area contributed by atoms with E-state index in [1.54, 1.807) is 25.1 Å². The van der Waals surface area contributed by atoms with Gasteiger partial charge in [-0.15, -0.1) is 13.2 Å². The highest BCUT2D eigenvalue weighted by atomic mass is 16.6. The molecule has 3 amide bonds. The highest BCUT2D eigenvalue weighted by Crippen LogP contribution is 2.10. The minimum atomic E-state index is -1.01. The monoisotopic (exact) mass is 533 g/mol. The van der Waals surface area contributed by atoms with Crippen LogP contribution in [-0.4, -0.2) is 74.0 Å². The van der Waals surface area contributed by atoms with Gasteiger partial charge in [-0.25, -0.2) is 9.59 Å². The second-order valence-electron chi connectivity index (χ2n) is 8.39. The number of esters is 1. The van der Waals surface area contributed by atoms with Gasteiger partial charge in [0, 0.05) is 13.0 Å². The number of aliphatic hydroxyl groups is 1. The van der Waals surface area contributed by atoms with Crippen LogP contribution in [0.4, 0.5) is 4.79 Å². The van der Waals surface area contributed by atoms with E-state index in [4.69, 9.17) is 19.3 Å². The van der Waals surface area contributed by atoms with Gasteiger partial charge < -0.3 is 35.3 Å². The molecule has 3 atom stereocenters. The first kappa shape index (κ1) is 32.3. The van der Waals surface area contributed by atoms with Crippen molar-refractivity contribution in [2.75, 3.05) is 32.9 Å². The third-order valence-electron chi connectivity index (χ3n) is 5.13. The molecule has 38 heavy (non-hydrogen) atoms. The van der Waals surface area contributed by atoms with Crippen molar-refractivity contribution in [2.45, 2.75) is 44.9 Å². The smallest absolute Gasteiger partial charge is 0.408 e. The van der Waals surface area contributed by atoms with Gasteiger partial charge in [0.1, 0.15) is 18.8 Å². The number of hydrogen-bond donors (Lipinski definition) is 4. The molecule has 0 bridgehead atoms. The lowest BCUT2D eigenvalue weighted by molar-refractivity contribution is -0.151. The van der Waals surface area contributed by atoms with Crippen LogP contribution in [0.15, 0.2) is 55.6 Å². The van der Waals surface area contributed by atoms with Crippen molar-refractivity contribution in [3.63, 3.8) is 0 Å². The molecule has 0 saturated carbocycles. The van der Waals surface area contributed by atoms with Crippen LogP contribution in [0.1, 0.15) is 31.7 Å². The van der Waals surface area contributed by atoms with E-state index < -0.39 is 30.1 Å². The van der Waals surface area contributed by atoms with Crippen molar-refractivity contribution < 1.29 is 38.5 Å². The highest BCUT2D eigenvalue weighted by molar-refractivity contribution is 5.86. The first-order chi connectivity index (χ1) is 18.3. The Morgan fingerprint density at radius 1 is 1.03 bits per heavy atom. The number of benzene rings is 1. The molecular formula is C27H39N3O8. The molecule has 0 heterocycles. The number of allylic oxidation sites excluding steroid dienone is 1. The van der Waals surface area contributed by atoms with Gasteiger partial charge in [-0.2, -0.15) is 0 Å². The Bertz CT molecular complexity index is 894. The van der Waals surface area contributed by atoms with Gasteiger partial charge in [0.15, 0.2) is 0 Å². The molecule has 0 aliphatic carbocycles. The van der Waals surface area contributed by atoms with Gasteiger partial charge in [0.25, 0.3) is 0 Å². The van der Waals surface area contributed by atoms with Crippen molar-refractivity contribution in [3.8, 4) is 0 Å². The predicted molar refractivity (Wildman–Crippen MR) is 141 cm³/mol. The molecular weight excluding hydrogens is 494 g/mol. The molecule has 1 aromatic rings. The predicted octanol–water partition coefficient (Wildman–Crippen LogP) is 1.61. The number of carbonyl (C=O) groups is 4. The second-order valence-corrected chi connectivity index (χ2v) is 8.39. The van der Waals surface area contributed by atoms with Crippen molar-refractivity contribution in [1.82, 2.24) is 16.0 Å². The fraction of sp³-hybridized carbons (Fsp3) is 0.481. The zero-order chi connectivity index (χ0) is 28.2. The summed E-state index contributed by atoms with van der Waals surface area (Å²) < 4.78 is 15.6. The minimum Gasteiger partial charge on any atom is -0.459 e. The lowest BCUT2D eigenvalue weighted by Gasteiger charge is -2.21. The zero-order valence-corrected chi connectivity index (χ0v) is 21.9. The molecule has 0 aliphatic rings. The summed E-state index contributed by atoms with van der Waals surface area (Å²) >= 11 is 0. The van der Waals surface area contributed by atoms with Crippen LogP contribution in [-0.2, 0) is 35.2 Å². The molecule has 0 saturated heterocycles. The van der Waals surface area contributed by atoms with Crippen LogP contribution in [0.3, 0.4) is 0 Å². The van der Waals surface area contributed by atoms with E-state index in [0.29, 0.717) is 0 Å². The summed E-state index contributed by atoms with van der Waals surface area (Å²) in [4.78, 5) is 49.5. The van der Waals surface area contributed by atoms with Crippen molar-refractivity contribution in [3.05, 3.63) is 61.2 Å². The number of rotatable bonds is 19. The third kappa shape index (κ3) is 14.1. The van der Waals surface area contributed by atoms with E-state index in [-0.39, 0.29) is 70.6 Å². The summed E-state index contributed by atoms with van der Waals surface area (Å²) in [5.41, 5.74) is 0.800. The molecule has 0 fully saturated rings. The molecule has 11 nitrogen and oxygen atoms in total. The average molecular weight is 534 g/mol. The fourth-order valence-electron chi connectivity index (χ4n) is 3.21. The summed E-state index contributed by atoms with van der Waals surface area (Å²) in [6.07, 6.45) is 1.90. The fourth-order valence-corrected chi connectivity index (χ4v) is 3.21. The molecule has 1 aromatic carbocycles. The Kier molecular flexibility index (Phi) is 16.5. The van der Waals surface area contributed by atoms with E-state index in [1.807, 2.05) is 18.2 Å². The second kappa shape index (κ2) is 19.4. The van der Waals surface area contributed by atoms with Crippen molar-refractivity contribution >= 4 is 23.9 Å². The number of carbonyl (C=O) groups excluding carboxylic acids is 4. The van der Waals surface area contributed by atoms with E-state index in [2.05, 4.69) is 29.1 Å². The Labute approximate surface area is 223 Å². The normalized spacial score (nSPS) is 12.8. The number of alkyl carbamates (subject to hydrolysis) is 1. The first-order valence-corrected chi connectivity index (χ1v) is 12.4. The maximum atomic E-state index is 12.6. The van der Waals surface area contributed by atoms with Gasteiger partial charge in [-0.3, -0.25) is 9.59 Å². The highest BCUT2D eigenvalue weighted by Gasteiger charge is 2.25. The Balaban J connectivity index is 2.49. The molecule has 1 rings (SSSR count). The van der Waals surface area contributed by atoms with E-state index >= 15 is 0 Å². The summed E-state index contributed by atoms with van der Waals surface area (Å²) in [5.74, 6) is -2.06. The Morgan fingerprint density at radius 2 is 1.74 bits per heavy atom. The number of ether oxygens (including phenoxy) is 3. The van der Waals surface area contributed by atoms with Crippen molar-refractivity contribution in [2.24, 2.45) is 5.92 Å². The number of amides is 3. The van der Waals surface area contributed by atoms with Gasteiger partial charge in [0.05, 0.1) is 32.3 Å². The molecule has 3 unspecified atom stereocenters. The van der Waals surface area contributed by atoms with Crippen molar-refractivity contribution in [1.29, 1.82) is 0 Å². The summed E-state index contributed by atoms with van der Waals surface area (Å²) in [6.45, 7) is 9.48. The summed E-state index contributed by atoms with van der Waals surface area (Å²) in [5, 5.41) is 16.5. The SMILES string of the molecule is C=CCC(CC(=O)NCCOCCO)C(=O)NCC(C)OC(=O)C(CC=C)NC(=O)OCc1ccccc1. The maximum Gasteiger partial charge on any atom is 0.408 e. The summed E-state index contributed by atoms with van der Waals surface area (Å²) in [7, 11) is 0. The van der Waals surface area contributed by atoms with Crippen LogP contribution < -0.4 is 16.0 Å². The van der Waals surface area contributed by atoms with Crippen LogP contribution in [0, 0.1) is 5.92 Å². The first-order valence-electron chi connectivity index (χ1n) is 12.4. The van der Waals surface area contributed by atoms with Gasteiger partial charge >= 0.3 is 12.1 Å². The molecule has 0 spiro atoms. The molecule has 4 N–H and O–H groups in total. The van der Waals surface area contributed by atoms with E-state index in [9.17, 15) is 19.2 Å². The largest absolute Gasteiger partial charge is 0.459 e. The molecule has 210 valence electrons. The number of aliphatic hydroxyl groups excluding tert-OH is 1. The quantitative estimate of drug-likeness (QED) is 0.119. The summed E-state index contributed by atoms with van der Waals surface area (Å²) in [6, 6.07) is 8.09. The minimum absolute atomic E-state index is 0.00803. The Morgan fingerprint density at radius 3 is 2.39 bits per heavy atom. The molecule has 11 heteroatoms. The van der Waals surface area contributed by atoms with Crippen LogP contribution in [0.2, 0.25) is 0 Å². The third-order valence-corrected chi connectivity index (χ3v) is 5.13. The lowest BCUT2D eigenvalue weighted by atomic mass is 10.00. The molecule has 0 radical (unpaired) electrons. The maximum absolute atomic E-state index is 12.6. The molecule has 0 aliphatic heterocycles. The number of nitrogens with one attached hydrogen (secondary N) is 3. The van der Waals surface area contributed by atoms with Crippen LogP contribution in [0.25, 0.3) is 0 Å². The zero-order valence-electron chi connectivity index (χ0n) is 21.9. The van der Waals surface area contributed by atoms with E-state index in [1.165, 1.54) is 6.08 Å². The van der Waals surface area contributed by atoms with Crippen LogP contribution in [0.5, 0.6) is 0 Å². The van der Waals surface area contributed by atoms with Gasteiger partial charge in [-0.1, -0.05) is 42.5 Å². The van der Waals surface area contributed by atoms with Crippen LogP contribution >= 0.6 is 0 Å². The number of hydrogen-bond acceptors (Lipinski definition) is 8.